The van der Waals surface area contributed by atoms with Crippen LogP contribution in [0.1, 0.15) is 70.6 Å². The van der Waals surface area contributed by atoms with Gasteiger partial charge in [-0.1, -0.05) is 43.7 Å². The molecule has 0 aromatic rings. The Kier molecular flexibility index (Phi) is 2.89. The van der Waals surface area contributed by atoms with E-state index in [1.165, 1.54) is 38.5 Å². The molecule has 2 aliphatic carbocycles. The summed E-state index contributed by atoms with van der Waals surface area (Å²) < 4.78 is 6.53. The third kappa shape index (κ3) is 1.88. The fraction of sp³-hybridized carbons (Fsp3) is 0.929. The van der Waals surface area contributed by atoms with Crippen molar-refractivity contribution in [3.8, 4) is 0 Å². The van der Waals surface area contributed by atoms with Gasteiger partial charge in [0, 0.05) is 6.42 Å². The normalized spacial score (nSPS) is 33.5. The van der Waals surface area contributed by atoms with E-state index in [1.54, 1.807) is 0 Å². The molecule has 1 heterocycles. The van der Waals surface area contributed by atoms with E-state index >= 15 is 0 Å². The highest BCUT2D eigenvalue weighted by molar-refractivity contribution is 5.95. The maximum absolute atomic E-state index is 9.31. The minimum Gasteiger partial charge on any atom is -0.411 e. The quantitative estimate of drug-likeness (QED) is 0.516. The standard InChI is InChI=1S/C14H23NO2/c16-15-12-11-13(7-3-1-4-8-13)17-14(12)9-5-2-6-10-14/h16H,1-11H2/b15-12-. The van der Waals surface area contributed by atoms with Crippen molar-refractivity contribution < 1.29 is 9.94 Å². The molecule has 1 saturated heterocycles. The molecule has 0 radical (unpaired) electrons. The lowest BCUT2D eigenvalue weighted by Crippen LogP contribution is -2.41. The van der Waals surface area contributed by atoms with Crippen molar-refractivity contribution >= 4 is 5.71 Å². The topological polar surface area (TPSA) is 41.8 Å². The van der Waals surface area contributed by atoms with Crippen LogP contribution in [-0.2, 0) is 4.74 Å². The zero-order chi connectivity index (χ0) is 11.8. The van der Waals surface area contributed by atoms with Gasteiger partial charge in [0.25, 0.3) is 0 Å². The molecule has 0 unspecified atom stereocenters. The second-order valence-electron chi connectivity index (χ2n) is 6.12. The Bertz CT molecular complexity index is 312. The second-order valence-corrected chi connectivity index (χ2v) is 6.12. The van der Waals surface area contributed by atoms with Crippen LogP contribution in [0.3, 0.4) is 0 Å². The van der Waals surface area contributed by atoms with Gasteiger partial charge in [0.2, 0.25) is 0 Å². The molecule has 0 atom stereocenters. The molecule has 1 N–H and O–H groups in total. The van der Waals surface area contributed by atoms with Gasteiger partial charge in [0.1, 0.15) is 5.60 Å². The van der Waals surface area contributed by atoms with Gasteiger partial charge in [0.05, 0.1) is 11.3 Å². The summed E-state index contributed by atoms with van der Waals surface area (Å²) in [6.45, 7) is 0. The van der Waals surface area contributed by atoms with Crippen molar-refractivity contribution in [2.45, 2.75) is 81.8 Å². The summed E-state index contributed by atoms with van der Waals surface area (Å²) in [6.07, 6.45) is 12.9. The summed E-state index contributed by atoms with van der Waals surface area (Å²) >= 11 is 0. The summed E-state index contributed by atoms with van der Waals surface area (Å²) in [4.78, 5) is 0. The average molecular weight is 237 g/mol. The molecule has 2 saturated carbocycles. The van der Waals surface area contributed by atoms with Crippen LogP contribution in [0.5, 0.6) is 0 Å². The molecule has 96 valence electrons. The van der Waals surface area contributed by atoms with E-state index in [2.05, 4.69) is 5.16 Å². The molecule has 3 nitrogen and oxygen atoms in total. The van der Waals surface area contributed by atoms with Crippen LogP contribution in [0.2, 0.25) is 0 Å². The minimum atomic E-state index is -0.190. The molecule has 0 amide bonds. The molecule has 3 heteroatoms. The van der Waals surface area contributed by atoms with Gasteiger partial charge in [-0.25, -0.2) is 0 Å². The van der Waals surface area contributed by atoms with Crippen LogP contribution in [0.4, 0.5) is 0 Å². The largest absolute Gasteiger partial charge is 0.411 e. The van der Waals surface area contributed by atoms with Crippen LogP contribution >= 0.6 is 0 Å². The summed E-state index contributed by atoms with van der Waals surface area (Å²) in [6, 6.07) is 0. The van der Waals surface area contributed by atoms with Crippen molar-refractivity contribution in [3.05, 3.63) is 0 Å². The first-order chi connectivity index (χ1) is 8.29. The molecule has 17 heavy (non-hydrogen) atoms. The highest BCUT2D eigenvalue weighted by Crippen LogP contribution is 2.49. The Morgan fingerprint density at radius 3 is 2.06 bits per heavy atom. The summed E-state index contributed by atoms with van der Waals surface area (Å²) in [7, 11) is 0. The summed E-state index contributed by atoms with van der Waals surface area (Å²) in [5.41, 5.74) is 0.778. The molecule has 1 aliphatic heterocycles. The number of hydrogen-bond acceptors (Lipinski definition) is 3. The number of rotatable bonds is 0. The van der Waals surface area contributed by atoms with Gasteiger partial charge < -0.3 is 9.94 Å². The Labute approximate surface area is 103 Å². The number of hydrogen-bond donors (Lipinski definition) is 1. The van der Waals surface area contributed by atoms with Gasteiger partial charge in [-0.15, -0.1) is 0 Å². The summed E-state index contributed by atoms with van der Waals surface area (Å²) in [5, 5.41) is 12.9. The highest BCUT2D eigenvalue weighted by Gasteiger charge is 2.54. The lowest BCUT2D eigenvalue weighted by atomic mass is 9.79. The first kappa shape index (κ1) is 11.5. The van der Waals surface area contributed by atoms with Gasteiger partial charge in [-0.3, -0.25) is 0 Å². The maximum atomic E-state index is 9.31. The molecule has 3 fully saturated rings. The van der Waals surface area contributed by atoms with Crippen LogP contribution < -0.4 is 0 Å². The number of oxime groups is 1. The average Bonchev–Trinajstić information content (AvgIpc) is 2.65. The molecule has 2 spiro atoms. The highest BCUT2D eigenvalue weighted by atomic mass is 16.5. The molecule has 0 aromatic carbocycles. The Balaban J connectivity index is 1.84. The van der Waals surface area contributed by atoms with E-state index in [4.69, 9.17) is 4.74 Å². The SMILES string of the molecule is O/N=C1/CC2(CCCCC2)OC12CCCCC2. The van der Waals surface area contributed by atoms with Gasteiger partial charge in [-0.05, 0) is 25.7 Å². The van der Waals surface area contributed by atoms with Crippen molar-refractivity contribution in [3.63, 3.8) is 0 Å². The molecule has 0 aromatic heterocycles. The van der Waals surface area contributed by atoms with Crippen molar-refractivity contribution in [1.82, 2.24) is 0 Å². The van der Waals surface area contributed by atoms with Crippen molar-refractivity contribution in [1.29, 1.82) is 0 Å². The van der Waals surface area contributed by atoms with Crippen LogP contribution in [0, 0.1) is 0 Å². The Hall–Kier alpha value is -0.570. The zero-order valence-electron chi connectivity index (χ0n) is 10.6. The van der Waals surface area contributed by atoms with E-state index in [0.717, 1.165) is 37.8 Å². The fourth-order valence-electron chi connectivity index (χ4n) is 4.09. The first-order valence-corrected chi connectivity index (χ1v) is 7.20. The smallest absolute Gasteiger partial charge is 0.110 e. The Morgan fingerprint density at radius 2 is 1.47 bits per heavy atom. The number of ether oxygens (including phenoxy) is 1. The fourth-order valence-corrected chi connectivity index (χ4v) is 4.09. The van der Waals surface area contributed by atoms with Crippen LogP contribution in [0.25, 0.3) is 0 Å². The van der Waals surface area contributed by atoms with E-state index in [0.29, 0.717) is 0 Å². The van der Waals surface area contributed by atoms with Gasteiger partial charge >= 0.3 is 0 Å². The zero-order valence-corrected chi connectivity index (χ0v) is 10.6. The van der Waals surface area contributed by atoms with E-state index < -0.39 is 0 Å². The molecular weight excluding hydrogens is 214 g/mol. The second kappa shape index (κ2) is 4.27. The summed E-state index contributed by atoms with van der Waals surface area (Å²) in [5.74, 6) is 0. The minimum absolute atomic E-state index is 0.0250. The molecule has 3 aliphatic rings. The maximum Gasteiger partial charge on any atom is 0.110 e. The lowest BCUT2D eigenvalue weighted by molar-refractivity contribution is -0.121. The molecule has 0 bridgehead atoms. The molecule has 3 rings (SSSR count). The lowest BCUT2D eigenvalue weighted by Gasteiger charge is -2.38. The Morgan fingerprint density at radius 1 is 0.882 bits per heavy atom. The predicted octanol–water partition coefficient (Wildman–Crippen LogP) is 3.64. The molecular formula is C14H23NO2. The third-order valence-electron chi connectivity index (χ3n) is 4.97. The van der Waals surface area contributed by atoms with Crippen LogP contribution in [-0.4, -0.2) is 22.1 Å². The van der Waals surface area contributed by atoms with E-state index in [9.17, 15) is 5.21 Å². The van der Waals surface area contributed by atoms with E-state index in [1.807, 2.05) is 0 Å². The third-order valence-corrected chi connectivity index (χ3v) is 4.97. The monoisotopic (exact) mass is 237 g/mol. The first-order valence-electron chi connectivity index (χ1n) is 7.20. The van der Waals surface area contributed by atoms with Crippen molar-refractivity contribution in [2.24, 2.45) is 5.16 Å². The van der Waals surface area contributed by atoms with Crippen molar-refractivity contribution in [2.75, 3.05) is 0 Å². The number of nitrogens with zero attached hydrogens (tertiary/aromatic N) is 1. The van der Waals surface area contributed by atoms with Crippen LogP contribution in [0.15, 0.2) is 5.16 Å². The van der Waals surface area contributed by atoms with Gasteiger partial charge in [-0.2, -0.15) is 0 Å². The van der Waals surface area contributed by atoms with E-state index in [-0.39, 0.29) is 11.2 Å². The van der Waals surface area contributed by atoms with Gasteiger partial charge in [0.15, 0.2) is 0 Å². The predicted molar refractivity (Wildman–Crippen MR) is 66.6 cm³/mol.